The Bertz CT molecular complexity index is 426. The fourth-order valence-corrected chi connectivity index (χ4v) is 2.63. The molecule has 1 atom stereocenters. The Morgan fingerprint density at radius 3 is 2.68 bits per heavy atom. The highest BCUT2D eigenvalue weighted by molar-refractivity contribution is 5.40. The smallest absolute Gasteiger partial charge is 0.125 e. The van der Waals surface area contributed by atoms with Crippen molar-refractivity contribution in [2.45, 2.75) is 19.4 Å². The number of piperazine rings is 1. The first-order chi connectivity index (χ1) is 9.03. The molecule has 1 aliphatic heterocycles. The van der Waals surface area contributed by atoms with Gasteiger partial charge in [-0.3, -0.25) is 4.90 Å². The number of hydrogen-bond donors (Lipinski definition) is 2. The van der Waals surface area contributed by atoms with Gasteiger partial charge in [-0.05, 0) is 26.0 Å². The van der Waals surface area contributed by atoms with Gasteiger partial charge < -0.3 is 15.2 Å². The zero-order valence-corrected chi connectivity index (χ0v) is 12.1. The summed E-state index contributed by atoms with van der Waals surface area (Å²) in [7, 11) is 1.65. The number of methoxy groups -OCH3 is 1. The van der Waals surface area contributed by atoms with Crippen LogP contribution in [0.4, 0.5) is 0 Å². The van der Waals surface area contributed by atoms with Gasteiger partial charge in [0.05, 0.1) is 7.11 Å². The summed E-state index contributed by atoms with van der Waals surface area (Å²) in [6, 6.07) is 5.95. The molecule has 19 heavy (non-hydrogen) atoms. The number of β-amino-alcohol motifs (C(OH)–C–C–N with tert-alkyl or cyclic N) is 1. The van der Waals surface area contributed by atoms with Crippen LogP contribution >= 0.6 is 0 Å². The third-order valence-corrected chi connectivity index (χ3v) is 3.68. The maximum Gasteiger partial charge on any atom is 0.125 e. The molecule has 1 saturated heterocycles. The van der Waals surface area contributed by atoms with Gasteiger partial charge in [0, 0.05) is 38.3 Å². The number of rotatable bonds is 4. The van der Waals surface area contributed by atoms with Crippen molar-refractivity contribution < 1.29 is 9.84 Å². The largest absolute Gasteiger partial charge is 0.496 e. The Hall–Kier alpha value is -1.10. The van der Waals surface area contributed by atoms with E-state index in [4.69, 9.17) is 4.74 Å². The van der Waals surface area contributed by atoms with E-state index in [9.17, 15) is 5.11 Å². The Balaban J connectivity index is 2.19. The molecule has 0 aromatic heterocycles. The minimum Gasteiger partial charge on any atom is -0.496 e. The molecular formula is C15H24N2O2. The average Bonchev–Trinajstić information content (AvgIpc) is 2.39. The molecule has 0 bridgehead atoms. The third kappa shape index (κ3) is 3.47. The van der Waals surface area contributed by atoms with Crippen LogP contribution in [0.1, 0.15) is 18.1 Å². The second kappa shape index (κ2) is 5.90. The number of benzene rings is 1. The van der Waals surface area contributed by atoms with Gasteiger partial charge in [0.2, 0.25) is 0 Å². The number of aryl methyl sites for hydroxylation is 1. The molecule has 1 fully saturated rings. The first-order valence-electron chi connectivity index (χ1n) is 6.83. The Morgan fingerprint density at radius 1 is 1.37 bits per heavy atom. The fourth-order valence-electron chi connectivity index (χ4n) is 2.63. The number of nitrogens with one attached hydrogen (secondary N) is 1. The van der Waals surface area contributed by atoms with Crippen LogP contribution in [0.25, 0.3) is 0 Å². The summed E-state index contributed by atoms with van der Waals surface area (Å²) in [5.74, 6) is 0.755. The lowest BCUT2D eigenvalue weighted by atomic mass is 9.92. The molecule has 1 aliphatic rings. The minimum absolute atomic E-state index is 0.633. The van der Waals surface area contributed by atoms with E-state index in [2.05, 4.69) is 10.2 Å². The second-order valence-electron chi connectivity index (χ2n) is 5.50. The van der Waals surface area contributed by atoms with E-state index in [-0.39, 0.29) is 0 Å². The number of aliphatic hydroxyl groups is 1. The van der Waals surface area contributed by atoms with Crippen LogP contribution in [0, 0.1) is 6.92 Å². The van der Waals surface area contributed by atoms with Crippen LogP contribution in [-0.4, -0.2) is 49.8 Å². The molecule has 0 amide bonds. The van der Waals surface area contributed by atoms with Crippen molar-refractivity contribution in [3.05, 3.63) is 29.3 Å². The van der Waals surface area contributed by atoms with Crippen LogP contribution in [0.2, 0.25) is 0 Å². The van der Waals surface area contributed by atoms with Crippen molar-refractivity contribution in [2.24, 2.45) is 0 Å². The van der Waals surface area contributed by atoms with Gasteiger partial charge >= 0.3 is 0 Å². The SMILES string of the molecule is COc1ccc(C)cc1C(C)(O)CN1CCNCC1. The second-order valence-corrected chi connectivity index (χ2v) is 5.50. The maximum absolute atomic E-state index is 10.8. The van der Waals surface area contributed by atoms with E-state index >= 15 is 0 Å². The predicted octanol–water partition coefficient (Wildman–Crippen LogP) is 1.12. The van der Waals surface area contributed by atoms with Crippen molar-refractivity contribution in [1.82, 2.24) is 10.2 Å². The summed E-state index contributed by atoms with van der Waals surface area (Å²) in [5.41, 5.74) is 1.11. The molecule has 4 heteroatoms. The van der Waals surface area contributed by atoms with E-state index < -0.39 is 5.60 Å². The van der Waals surface area contributed by atoms with Gasteiger partial charge in [0.1, 0.15) is 11.4 Å². The summed E-state index contributed by atoms with van der Waals surface area (Å²) >= 11 is 0. The predicted molar refractivity (Wildman–Crippen MR) is 76.6 cm³/mol. The van der Waals surface area contributed by atoms with E-state index in [0.29, 0.717) is 6.54 Å². The lowest BCUT2D eigenvalue weighted by Gasteiger charge is -2.35. The molecule has 1 heterocycles. The van der Waals surface area contributed by atoms with E-state index in [1.807, 2.05) is 32.0 Å². The highest BCUT2D eigenvalue weighted by Crippen LogP contribution is 2.31. The molecule has 2 N–H and O–H groups in total. The van der Waals surface area contributed by atoms with Gasteiger partial charge in [0.15, 0.2) is 0 Å². The van der Waals surface area contributed by atoms with E-state index in [1.165, 1.54) is 0 Å². The van der Waals surface area contributed by atoms with Crippen LogP contribution < -0.4 is 10.1 Å². The molecule has 0 radical (unpaired) electrons. The molecule has 1 aromatic carbocycles. The van der Waals surface area contributed by atoms with Crippen LogP contribution in [0.3, 0.4) is 0 Å². The number of hydrogen-bond acceptors (Lipinski definition) is 4. The highest BCUT2D eigenvalue weighted by Gasteiger charge is 2.30. The summed E-state index contributed by atoms with van der Waals surface area (Å²) in [6.07, 6.45) is 0. The summed E-state index contributed by atoms with van der Waals surface area (Å²) in [4.78, 5) is 2.29. The molecular weight excluding hydrogens is 240 g/mol. The molecule has 106 valence electrons. The number of nitrogens with zero attached hydrogens (tertiary/aromatic N) is 1. The summed E-state index contributed by atoms with van der Waals surface area (Å²) in [6.45, 7) is 8.46. The molecule has 4 nitrogen and oxygen atoms in total. The highest BCUT2D eigenvalue weighted by atomic mass is 16.5. The van der Waals surface area contributed by atoms with Crippen molar-refractivity contribution >= 4 is 0 Å². The first kappa shape index (κ1) is 14.3. The molecule has 0 spiro atoms. The summed E-state index contributed by atoms with van der Waals surface area (Å²) in [5, 5.41) is 14.2. The Labute approximate surface area is 115 Å². The Morgan fingerprint density at radius 2 is 2.05 bits per heavy atom. The van der Waals surface area contributed by atoms with Crippen molar-refractivity contribution in [1.29, 1.82) is 0 Å². The van der Waals surface area contributed by atoms with Gasteiger partial charge in [-0.25, -0.2) is 0 Å². The lowest BCUT2D eigenvalue weighted by molar-refractivity contribution is 0.0107. The van der Waals surface area contributed by atoms with Crippen molar-refractivity contribution in [2.75, 3.05) is 39.8 Å². The molecule has 1 unspecified atom stereocenters. The zero-order chi connectivity index (χ0) is 13.9. The molecule has 2 rings (SSSR count). The number of ether oxygens (including phenoxy) is 1. The molecule has 0 aliphatic carbocycles. The average molecular weight is 264 g/mol. The standard InChI is InChI=1S/C15H24N2O2/c1-12-4-5-14(19-3)13(10-12)15(2,18)11-17-8-6-16-7-9-17/h4-5,10,16,18H,6-9,11H2,1-3H3. The zero-order valence-electron chi connectivity index (χ0n) is 12.1. The van der Waals surface area contributed by atoms with Crippen LogP contribution in [-0.2, 0) is 5.60 Å². The monoisotopic (exact) mass is 264 g/mol. The van der Waals surface area contributed by atoms with Crippen LogP contribution in [0.15, 0.2) is 18.2 Å². The molecule has 1 aromatic rings. The third-order valence-electron chi connectivity index (χ3n) is 3.68. The first-order valence-corrected chi connectivity index (χ1v) is 6.83. The van der Waals surface area contributed by atoms with Crippen molar-refractivity contribution in [3.63, 3.8) is 0 Å². The lowest BCUT2D eigenvalue weighted by Crippen LogP contribution is -2.48. The quantitative estimate of drug-likeness (QED) is 0.855. The molecule has 0 saturated carbocycles. The topological polar surface area (TPSA) is 44.7 Å². The van der Waals surface area contributed by atoms with Gasteiger partial charge in [0.25, 0.3) is 0 Å². The minimum atomic E-state index is -0.894. The van der Waals surface area contributed by atoms with Crippen LogP contribution in [0.5, 0.6) is 5.75 Å². The van der Waals surface area contributed by atoms with Gasteiger partial charge in [-0.1, -0.05) is 11.6 Å². The summed E-state index contributed by atoms with van der Waals surface area (Å²) < 4.78 is 5.38. The maximum atomic E-state index is 10.8. The fraction of sp³-hybridized carbons (Fsp3) is 0.600. The Kier molecular flexibility index (Phi) is 4.45. The van der Waals surface area contributed by atoms with E-state index in [0.717, 1.165) is 43.1 Å². The van der Waals surface area contributed by atoms with Gasteiger partial charge in [-0.2, -0.15) is 0 Å². The van der Waals surface area contributed by atoms with Gasteiger partial charge in [-0.15, -0.1) is 0 Å². The van der Waals surface area contributed by atoms with Crippen molar-refractivity contribution in [3.8, 4) is 5.75 Å². The normalized spacial score (nSPS) is 20.0. The van der Waals surface area contributed by atoms with E-state index in [1.54, 1.807) is 7.11 Å².